The Labute approximate surface area is 95.1 Å². The second-order valence-corrected chi connectivity index (χ2v) is 4.40. The molecule has 0 aliphatic rings. The maximum Gasteiger partial charge on any atom is 0.254 e. The highest BCUT2D eigenvalue weighted by atomic mass is 32.1. The van der Waals surface area contributed by atoms with Crippen LogP contribution in [0.3, 0.4) is 0 Å². The van der Waals surface area contributed by atoms with Gasteiger partial charge in [0.1, 0.15) is 0 Å². The van der Waals surface area contributed by atoms with E-state index in [0.29, 0.717) is 0 Å². The molecule has 0 aliphatic carbocycles. The van der Waals surface area contributed by atoms with Crippen molar-refractivity contribution in [1.29, 1.82) is 0 Å². The van der Waals surface area contributed by atoms with Gasteiger partial charge in [-0.1, -0.05) is 0 Å². The highest BCUT2D eigenvalue weighted by Gasteiger charge is 2.13. The van der Waals surface area contributed by atoms with Crippen LogP contribution in [-0.4, -0.2) is 38.0 Å². The van der Waals surface area contributed by atoms with Gasteiger partial charge in [0.15, 0.2) is 0 Å². The number of thiophene rings is 1. The van der Waals surface area contributed by atoms with Crippen molar-refractivity contribution in [2.24, 2.45) is 0 Å². The Morgan fingerprint density at radius 3 is 2.80 bits per heavy atom. The third kappa shape index (κ3) is 3.32. The average molecular weight is 226 g/mol. The average Bonchev–Trinajstić information content (AvgIpc) is 2.63. The zero-order valence-corrected chi connectivity index (χ0v) is 10.4. The van der Waals surface area contributed by atoms with Crippen LogP contribution in [0.25, 0.3) is 0 Å². The van der Waals surface area contributed by atoms with Crippen molar-refractivity contribution in [3.8, 4) is 0 Å². The second-order valence-electron chi connectivity index (χ2n) is 3.65. The predicted molar refractivity (Wildman–Crippen MR) is 64.6 cm³/mol. The van der Waals surface area contributed by atoms with Crippen molar-refractivity contribution in [2.45, 2.75) is 13.3 Å². The smallest absolute Gasteiger partial charge is 0.254 e. The molecule has 1 N–H and O–H groups in total. The number of nitrogens with one attached hydrogen (secondary N) is 1. The van der Waals surface area contributed by atoms with Crippen LogP contribution in [0.5, 0.6) is 0 Å². The number of hydrogen-bond acceptors (Lipinski definition) is 3. The molecule has 0 radical (unpaired) electrons. The predicted octanol–water partition coefficient (Wildman–Crippen LogP) is 1.74. The molecule has 4 heteroatoms. The third-order valence-electron chi connectivity index (χ3n) is 2.35. The SMILES string of the molecule is CNCCCN(C)C(=O)c1cscc1C. The first-order valence-electron chi connectivity index (χ1n) is 5.09. The van der Waals surface area contributed by atoms with Gasteiger partial charge in [0.05, 0.1) is 5.56 Å². The van der Waals surface area contributed by atoms with Crippen molar-refractivity contribution in [3.63, 3.8) is 0 Å². The van der Waals surface area contributed by atoms with Gasteiger partial charge in [-0.25, -0.2) is 0 Å². The highest BCUT2D eigenvalue weighted by molar-refractivity contribution is 7.08. The van der Waals surface area contributed by atoms with E-state index < -0.39 is 0 Å². The summed E-state index contributed by atoms with van der Waals surface area (Å²) in [4.78, 5) is 13.7. The Morgan fingerprint density at radius 2 is 2.27 bits per heavy atom. The molecular formula is C11H18N2OS. The van der Waals surface area contributed by atoms with Gasteiger partial charge in [-0.05, 0) is 37.9 Å². The maximum absolute atomic E-state index is 11.9. The zero-order chi connectivity index (χ0) is 11.3. The van der Waals surface area contributed by atoms with E-state index in [-0.39, 0.29) is 5.91 Å². The topological polar surface area (TPSA) is 32.3 Å². The molecule has 0 saturated heterocycles. The van der Waals surface area contributed by atoms with E-state index in [4.69, 9.17) is 0 Å². The fourth-order valence-corrected chi connectivity index (χ4v) is 2.20. The number of amides is 1. The lowest BCUT2D eigenvalue weighted by atomic mass is 10.2. The molecule has 1 aromatic rings. The van der Waals surface area contributed by atoms with Crippen LogP contribution in [0.2, 0.25) is 0 Å². The fraction of sp³-hybridized carbons (Fsp3) is 0.545. The number of carbonyl (C=O) groups is 1. The summed E-state index contributed by atoms with van der Waals surface area (Å²) in [5.74, 6) is 0.129. The Kier molecular flexibility index (Phi) is 4.78. The van der Waals surface area contributed by atoms with Gasteiger partial charge in [-0.3, -0.25) is 4.79 Å². The molecule has 15 heavy (non-hydrogen) atoms. The first-order chi connectivity index (χ1) is 7.16. The Morgan fingerprint density at radius 1 is 1.53 bits per heavy atom. The summed E-state index contributed by atoms with van der Waals surface area (Å²) in [5, 5.41) is 7.00. The van der Waals surface area contributed by atoms with Crippen LogP contribution in [0, 0.1) is 6.92 Å². The van der Waals surface area contributed by atoms with E-state index in [1.165, 1.54) is 0 Å². The van der Waals surface area contributed by atoms with E-state index in [1.54, 1.807) is 16.2 Å². The van der Waals surface area contributed by atoms with Crippen LogP contribution in [0.15, 0.2) is 10.8 Å². The monoisotopic (exact) mass is 226 g/mol. The standard InChI is InChI=1S/C11H18N2OS/c1-9-7-15-8-10(9)11(14)13(3)6-4-5-12-2/h7-8,12H,4-6H2,1-3H3. The Hall–Kier alpha value is -0.870. The molecule has 3 nitrogen and oxygen atoms in total. The van der Waals surface area contributed by atoms with Crippen molar-refractivity contribution < 1.29 is 4.79 Å². The number of nitrogens with zero attached hydrogens (tertiary/aromatic N) is 1. The molecule has 0 fully saturated rings. The lowest BCUT2D eigenvalue weighted by Gasteiger charge is -2.16. The maximum atomic E-state index is 11.9. The van der Waals surface area contributed by atoms with Gasteiger partial charge in [-0.15, -0.1) is 0 Å². The Balaban J connectivity index is 2.50. The molecule has 0 saturated carbocycles. The minimum absolute atomic E-state index is 0.129. The minimum atomic E-state index is 0.129. The summed E-state index contributed by atoms with van der Waals surface area (Å²) in [6.07, 6.45) is 0.988. The van der Waals surface area contributed by atoms with Crippen molar-refractivity contribution in [3.05, 3.63) is 21.9 Å². The molecule has 1 aromatic heterocycles. The number of hydrogen-bond donors (Lipinski definition) is 1. The molecule has 0 atom stereocenters. The van der Waals surface area contributed by atoms with Gasteiger partial charge in [0, 0.05) is 19.0 Å². The van der Waals surface area contributed by atoms with E-state index in [1.807, 2.05) is 31.8 Å². The molecule has 0 unspecified atom stereocenters. The quantitative estimate of drug-likeness (QED) is 0.776. The van der Waals surface area contributed by atoms with Crippen LogP contribution >= 0.6 is 11.3 Å². The second kappa shape index (κ2) is 5.88. The van der Waals surface area contributed by atoms with Crippen LogP contribution < -0.4 is 5.32 Å². The third-order valence-corrected chi connectivity index (χ3v) is 3.21. The molecule has 1 rings (SSSR count). The van der Waals surface area contributed by atoms with Gasteiger partial charge < -0.3 is 10.2 Å². The van der Waals surface area contributed by atoms with Crippen LogP contribution in [-0.2, 0) is 0 Å². The molecule has 1 amide bonds. The molecule has 0 spiro atoms. The number of carbonyl (C=O) groups excluding carboxylic acids is 1. The summed E-state index contributed by atoms with van der Waals surface area (Å²) in [6, 6.07) is 0. The summed E-state index contributed by atoms with van der Waals surface area (Å²) >= 11 is 1.58. The first-order valence-corrected chi connectivity index (χ1v) is 6.04. The van der Waals surface area contributed by atoms with E-state index in [9.17, 15) is 4.79 Å². The van der Waals surface area contributed by atoms with E-state index in [0.717, 1.165) is 30.6 Å². The van der Waals surface area contributed by atoms with Crippen LogP contribution in [0.1, 0.15) is 22.3 Å². The molecule has 0 aromatic carbocycles. The summed E-state index contributed by atoms with van der Waals surface area (Å²) in [7, 11) is 3.78. The largest absolute Gasteiger partial charge is 0.342 e. The van der Waals surface area contributed by atoms with Gasteiger partial charge in [0.2, 0.25) is 0 Å². The lowest BCUT2D eigenvalue weighted by Crippen LogP contribution is -2.29. The zero-order valence-electron chi connectivity index (χ0n) is 9.54. The number of aryl methyl sites for hydroxylation is 1. The molecule has 0 aliphatic heterocycles. The van der Waals surface area contributed by atoms with Crippen molar-refractivity contribution >= 4 is 17.2 Å². The van der Waals surface area contributed by atoms with E-state index >= 15 is 0 Å². The van der Waals surface area contributed by atoms with E-state index in [2.05, 4.69) is 5.32 Å². The highest BCUT2D eigenvalue weighted by Crippen LogP contribution is 2.15. The molecule has 84 valence electrons. The molecular weight excluding hydrogens is 208 g/mol. The normalized spacial score (nSPS) is 10.3. The first kappa shape index (κ1) is 12.2. The van der Waals surface area contributed by atoms with Crippen molar-refractivity contribution in [2.75, 3.05) is 27.2 Å². The number of rotatable bonds is 5. The fourth-order valence-electron chi connectivity index (χ4n) is 1.38. The van der Waals surface area contributed by atoms with Gasteiger partial charge in [-0.2, -0.15) is 11.3 Å². The van der Waals surface area contributed by atoms with Crippen molar-refractivity contribution in [1.82, 2.24) is 10.2 Å². The molecule has 0 bridgehead atoms. The Bertz CT molecular complexity index is 322. The lowest BCUT2D eigenvalue weighted by molar-refractivity contribution is 0.0793. The van der Waals surface area contributed by atoms with Gasteiger partial charge >= 0.3 is 0 Å². The summed E-state index contributed by atoms with van der Waals surface area (Å²) in [5.41, 5.74) is 1.91. The van der Waals surface area contributed by atoms with Crippen LogP contribution in [0.4, 0.5) is 0 Å². The van der Waals surface area contributed by atoms with Gasteiger partial charge in [0.25, 0.3) is 5.91 Å². The summed E-state index contributed by atoms with van der Waals surface area (Å²) in [6.45, 7) is 3.72. The molecule has 1 heterocycles. The minimum Gasteiger partial charge on any atom is -0.342 e. The summed E-state index contributed by atoms with van der Waals surface area (Å²) < 4.78 is 0.